The molecule has 0 fully saturated rings. The molecule has 0 heterocycles. The minimum Gasteiger partial charge on any atom is -0.399 e. The van der Waals surface area contributed by atoms with Gasteiger partial charge in [-0.1, -0.05) is 46.3 Å². The highest BCUT2D eigenvalue weighted by atomic mass is 79.9. The van der Waals surface area contributed by atoms with Crippen LogP contribution in [0.15, 0.2) is 53.0 Å². The molecule has 0 aliphatic heterocycles. The van der Waals surface area contributed by atoms with Gasteiger partial charge in [0.25, 0.3) is 5.91 Å². The van der Waals surface area contributed by atoms with Crippen LogP contribution in [0.2, 0.25) is 0 Å². The first-order chi connectivity index (χ1) is 9.60. The van der Waals surface area contributed by atoms with E-state index >= 15 is 0 Å². The van der Waals surface area contributed by atoms with Crippen LogP contribution in [0.3, 0.4) is 0 Å². The van der Waals surface area contributed by atoms with Crippen molar-refractivity contribution in [3.8, 4) is 0 Å². The van der Waals surface area contributed by atoms with Crippen LogP contribution < -0.4 is 5.73 Å². The molecule has 0 saturated carbocycles. The molecule has 0 bridgehead atoms. The first-order valence-corrected chi connectivity index (χ1v) is 7.28. The molecular weight excluding hydrogens is 316 g/mol. The molecule has 0 unspecified atom stereocenters. The van der Waals surface area contributed by atoms with Gasteiger partial charge in [0.15, 0.2) is 0 Å². The quantitative estimate of drug-likeness (QED) is 0.868. The highest BCUT2D eigenvalue weighted by molar-refractivity contribution is 9.10. The Morgan fingerprint density at radius 3 is 2.50 bits per heavy atom. The van der Waals surface area contributed by atoms with Crippen molar-refractivity contribution in [2.75, 3.05) is 12.3 Å². The van der Waals surface area contributed by atoms with Gasteiger partial charge >= 0.3 is 0 Å². The van der Waals surface area contributed by atoms with E-state index in [1.807, 2.05) is 37.3 Å². The molecule has 1 amide bonds. The average Bonchev–Trinajstić information content (AvgIpc) is 2.44. The predicted octanol–water partition coefficient (Wildman–Crippen LogP) is 3.69. The normalized spacial score (nSPS) is 10.3. The molecule has 0 aliphatic rings. The van der Waals surface area contributed by atoms with Crippen molar-refractivity contribution in [2.24, 2.45) is 0 Å². The van der Waals surface area contributed by atoms with Gasteiger partial charge in [0.2, 0.25) is 0 Å². The number of rotatable bonds is 4. The fraction of sp³-hybridized carbons (Fsp3) is 0.188. The summed E-state index contributed by atoms with van der Waals surface area (Å²) in [7, 11) is 0. The Morgan fingerprint density at radius 1 is 1.20 bits per heavy atom. The molecule has 104 valence electrons. The van der Waals surface area contributed by atoms with Gasteiger partial charge in [0.05, 0.1) is 0 Å². The molecule has 2 N–H and O–H groups in total. The summed E-state index contributed by atoms with van der Waals surface area (Å²) in [6.45, 7) is 3.23. The molecule has 0 aliphatic carbocycles. The van der Waals surface area contributed by atoms with E-state index in [2.05, 4.69) is 15.9 Å². The lowest BCUT2D eigenvalue weighted by molar-refractivity contribution is 0.0752. The van der Waals surface area contributed by atoms with Crippen LogP contribution in [0, 0.1) is 0 Å². The van der Waals surface area contributed by atoms with Crippen molar-refractivity contribution in [3.05, 3.63) is 64.1 Å². The number of carbonyl (C=O) groups excluding carboxylic acids is 1. The number of nitrogens with two attached hydrogens (primary N) is 1. The lowest BCUT2D eigenvalue weighted by Gasteiger charge is -2.21. The van der Waals surface area contributed by atoms with E-state index in [1.165, 1.54) is 0 Å². The summed E-state index contributed by atoms with van der Waals surface area (Å²) in [5.74, 6) is -0.00986. The van der Waals surface area contributed by atoms with Crippen LogP contribution in [0.5, 0.6) is 0 Å². The molecule has 0 radical (unpaired) electrons. The summed E-state index contributed by atoms with van der Waals surface area (Å²) in [5, 5.41) is 0. The molecule has 0 saturated heterocycles. The molecular formula is C16H17BrN2O. The van der Waals surface area contributed by atoms with E-state index < -0.39 is 0 Å². The van der Waals surface area contributed by atoms with E-state index in [4.69, 9.17) is 5.73 Å². The van der Waals surface area contributed by atoms with Gasteiger partial charge in [-0.2, -0.15) is 0 Å². The van der Waals surface area contributed by atoms with Crippen LogP contribution in [-0.4, -0.2) is 17.4 Å². The maximum atomic E-state index is 12.5. The number of carbonyl (C=O) groups is 1. The van der Waals surface area contributed by atoms with Crippen molar-refractivity contribution >= 4 is 27.5 Å². The molecule has 2 rings (SSSR count). The zero-order chi connectivity index (χ0) is 14.5. The Bertz CT molecular complexity index is 578. The smallest absolute Gasteiger partial charge is 0.254 e. The molecule has 2 aromatic carbocycles. The van der Waals surface area contributed by atoms with Crippen LogP contribution >= 0.6 is 15.9 Å². The second-order valence-corrected chi connectivity index (χ2v) is 5.49. The summed E-state index contributed by atoms with van der Waals surface area (Å²) in [4.78, 5) is 14.3. The lowest BCUT2D eigenvalue weighted by atomic mass is 10.1. The van der Waals surface area contributed by atoms with Gasteiger partial charge in [-0.15, -0.1) is 0 Å². The fourth-order valence-corrected chi connectivity index (χ4v) is 2.56. The van der Waals surface area contributed by atoms with Gasteiger partial charge in [-0.3, -0.25) is 4.79 Å². The summed E-state index contributed by atoms with van der Waals surface area (Å²) < 4.78 is 0.816. The Labute approximate surface area is 127 Å². The number of nitrogen functional groups attached to an aromatic ring is 1. The third-order valence-corrected chi connectivity index (χ3v) is 3.51. The van der Waals surface area contributed by atoms with Gasteiger partial charge in [-0.25, -0.2) is 0 Å². The monoisotopic (exact) mass is 332 g/mol. The first kappa shape index (κ1) is 14.6. The largest absolute Gasteiger partial charge is 0.399 e. The topological polar surface area (TPSA) is 46.3 Å². The number of anilines is 1. The minimum absolute atomic E-state index is 0.00986. The van der Waals surface area contributed by atoms with E-state index in [0.717, 1.165) is 10.0 Å². The Kier molecular flexibility index (Phi) is 4.79. The Balaban J connectivity index is 2.20. The Hall–Kier alpha value is -1.81. The van der Waals surface area contributed by atoms with Crippen molar-refractivity contribution in [2.45, 2.75) is 13.5 Å². The van der Waals surface area contributed by atoms with Crippen molar-refractivity contribution in [3.63, 3.8) is 0 Å². The van der Waals surface area contributed by atoms with Gasteiger partial charge in [0, 0.05) is 28.8 Å². The summed E-state index contributed by atoms with van der Waals surface area (Å²) >= 11 is 3.37. The number of hydrogen-bond acceptors (Lipinski definition) is 2. The molecule has 2 aromatic rings. The zero-order valence-corrected chi connectivity index (χ0v) is 12.9. The molecule has 3 nitrogen and oxygen atoms in total. The van der Waals surface area contributed by atoms with Gasteiger partial charge in [-0.05, 0) is 30.7 Å². The summed E-state index contributed by atoms with van der Waals surface area (Å²) in [5.41, 5.74) is 8.10. The standard InChI is InChI=1S/C16H17BrN2O/c1-2-19(11-12-6-4-3-5-7-12)16(20)13-8-14(17)10-15(18)9-13/h3-10H,2,11,18H2,1H3. The number of nitrogens with zero attached hydrogens (tertiary/aromatic N) is 1. The average molecular weight is 333 g/mol. The SMILES string of the molecule is CCN(Cc1ccccc1)C(=O)c1cc(N)cc(Br)c1. The van der Waals surface area contributed by atoms with Crippen LogP contribution in [0.4, 0.5) is 5.69 Å². The molecule has 0 spiro atoms. The van der Waals surface area contributed by atoms with Crippen molar-refractivity contribution in [1.29, 1.82) is 0 Å². The first-order valence-electron chi connectivity index (χ1n) is 6.49. The third kappa shape index (κ3) is 3.61. The van der Waals surface area contributed by atoms with E-state index in [1.54, 1.807) is 23.1 Å². The third-order valence-electron chi connectivity index (χ3n) is 3.05. The zero-order valence-electron chi connectivity index (χ0n) is 11.3. The van der Waals surface area contributed by atoms with Gasteiger partial charge < -0.3 is 10.6 Å². The molecule has 0 aromatic heterocycles. The van der Waals surface area contributed by atoms with Crippen LogP contribution in [0.25, 0.3) is 0 Å². The number of hydrogen-bond donors (Lipinski definition) is 1. The van der Waals surface area contributed by atoms with Crippen molar-refractivity contribution in [1.82, 2.24) is 4.90 Å². The van der Waals surface area contributed by atoms with Crippen LogP contribution in [0.1, 0.15) is 22.8 Å². The second-order valence-electron chi connectivity index (χ2n) is 4.58. The highest BCUT2D eigenvalue weighted by Crippen LogP contribution is 2.19. The second kappa shape index (κ2) is 6.57. The number of amides is 1. The van der Waals surface area contributed by atoms with Gasteiger partial charge in [0.1, 0.15) is 0 Å². The predicted molar refractivity (Wildman–Crippen MR) is 85.4 cm³/mol. The maximum Gasteiger partial charge on any atom is 0.254 e. The fourth-order valence-electron chi connectivity index (χ4n) is 2.05. The Morgan fingerprint density at radius 2 is 1.90 bits per heavy atom. The van der Waals surface area contributed by atoms with Crippen molar-refractivity contribution < 1.29 is 4.79 Å². The molecule has 4 heteroatoms. The van der Waals surface area contributed by atoms with E-state index in [0.29, 0.717) is 24.3 Å². The van der Waals surface area contributed by atoms with E-state index in [-0.39, 0.29) is 5.91 Å². The summed E-state index contributed by atoms with van der Waals surface area (Å²) in [6.07, 6.45) is 0. The highest BCUT2D eigenvalue weighted by Gasteiger charge is 2.15. The summed E-state index contributed by atoms with van der Waals surface area (Å²) in [6, 6.07) is 15.2. The molecule has 0 atom stereocenters. The number of benzene rings is 2. The van der Waals surface area contributed by atoms with E-state index in [9.17, 15) is 4.79 Å². The number of halogens is 1. The molecule has 20 heavy (non-hydrogen) atoms. The maximum absolute atomic E-state index is 12.5. The minimum atomic E-state index is -0.00986. The van der Waals surface area contributed by atoms with Crippen LogP contribution in [-0.2, 0) is 6.54 Å². The lowest BCUT2D eigenvalue weighted by Crippen LogP contribution is -2.30.